The number of hydrogen-bond acceptors (Lipinski definition) is 1. The van der Waals surface area contributed by atoms with Crippen LogP contribution in [-0.4, -0.2) is 4.98 Å². The molecule has 0 N–H and O–H groups in total. The quantitative estimate of drug-likeness (QED) is 0.433. The average molecular weight is 227 g/mol. The summed E-state index contributed by atoms with van der Waals surface area (Å²) in [5, 5.41) is 1.72. The van der Waals surface area contributed by atoms with Crippen molar-refractivity contribution < 1.29 is 30.7 Å². The predicted molar refractivity (Wildman–Crippen MR) is 33.0 cm³/mol. The Labute approximate surface area is 81.3 Å². The Morgan fingerprint density at radius 2 is 2.20 bits per heavy atom. The van der Waals surface area contributed by atoms with E-state index in [1.165, 1.54) is 23.9 Å². The van der Waals surface area contributed by atoms with Crippen molar-refractivity contribution >= 4 is 11.6 Å². The van der Waals surface area contributed by atoms with Gasteiger partial charge >= 0.3 is 68.9 Å². The van der Waals surface area contributed by atoms with E-state index in [0.29, 0.717) is 5.15 Å². The van der Waals surface area contributed by atoms with Gasteiger partial charge in [0.05, 0.1) is 0 Å². The minimum atomic E-state index is 0. The first-order chi connectivity index (χ1) is 4.33. The van der Waals surface area contributed by atoms with Crippen LogP contribution in [0, 0.1) is 0 Å². The first kappa shape index (κ1) is 10.4. The van der Waals surface area contributed by atoms with E-state index in [1.807, 2.05) is 18.3 Å². The summed E-state index contributed by atoms with van der Waals surface area (Å²) in [6, 6.07) is 3.84. The third-order valence-corrected chi connectivity index (χ3v) is 2.51. The van der Waals surface area contributed by atoms with Crippen molar-refractivity contribution in [3.63, 3.8) is 0 Å². The maximum atomic E-state index is 5.57. The zero-order valence-electron chi connectivity index (χ0n) is 5.35. The molecule has 0 amide bonds. The normalized spacial score (nSPS) is 8.70. The molecule has 0 unspecified atom stereocenters. The van der Waals surface area contributed by atoms with Crippen molar-refractivity contribution in [1.29, 1.82) is 0 Å². The number of halogens is 2. The van der Waals surface area contributed by atoms with Crippen molar-refractivity contribution in [1.82, 2.24) is 4.98 Å². The van der Waals surface area contributed by atoms with Crippen molar-refractivity contribution in [3.05, 3.63) is 29.0 Å². The number of rotatable bonds is 1. The van der Waals surface area contributed by atoms with Crippen LogP contribution < -0.4 is 12.4 Å². The van der Waals surface area contributed by atoms with E-state index in [9.17, 15) is 0 Å². The molecule has 1 heterocycles. The summed E-state index contributed by atoms with van der Waals surface area (Å²) in [6.45, 7) is 0. The molecule has 0 bridgehead atoms. The average Bonchev–Trinajstić information content (AvgIpc) is 1.90. The molecule has 10 heavy (non-hydrogen) atoms. The molecular weight excluding hydrogens is 222 g/mol. The maximum absolute atomic E-state index is 5.57. The molecule has 1 rings (SSSR count). The van der Waals surface area contributed by atoms with Crippen molar-refractivity contribution in [2.75, 3.05) is 0 Å². The van der Waals surface area contributed by atoms with Crippen molar-refractivity contribution in [2.24, 2.45) is 0 Å². The van der Waals surface area contributed by atoms with Gasteiger partial charge in [0.15, 0.2) is 0 Å². The zero-order chi connectivity index (χ0) is 6.69. The molecule has 1 nitrogen and oxygen atoms in total. The first-order valence-electron chi connectivity index (χ1n) is 2.72. The molecule has 1 aromatic rings. The van der Waals surface area contributed by atoms with Gasteiger partial charge < -0.3 is 12.4 Å². The van der Waals surface area contributed by atoms with Gasteiger partial charge in [0, 0.05) is 0 Å². The van der Waals surface area contributed by atoms with Crippen LogP contribution in [0.2, 0.25) is 5.15 Å². The molecule has 0 aliphatic heterocycles. The minimum absolute atomic E-state index is 0. The topological polar surface area (TPSA) is 12.9 Å². The fraction of sp³-hybridized carbons (Fsp3) is 0.167. The number of nitrogens with zero attached hydrogens (tertiary/aromatic N) is 1. The van der Waals surface area contributed by atoms with E-state index in [0.717, 1.165) is 5.02 Å². The van der Waals surface area contributed by atoms with Crippen LogP contribution in [0.4, 0.5) is 0 Å². The van der Waals surface area contributed by atoms with Crippen molar-refractivity contribution in [2.45, 2.75) is 5.02 Å². The molecule has 0 aliphatic rings. The van der Waals surface area contributed by atoms with E-state index in [4.69, 9.17) is 11.6 Å². The summed E-state index contributed by atoms with van der Waals surface area (Å²) in [6.07, 6.45) is 1.83. The molecule has 0 fully saturated rings. The third kappa shape index (κ3) is 2.96. The van der Waals surface area contributed by atoms with Gasteiger partial charge in [0.1, 0.15) is 0 Å². The van der Waals surface area contributed by atoms with Gasteiger partial charge in [-0.3, -0.25) is 0 Å². The Bertz CT molecular complexity index is 187. The summed E-state index contributed by atoms with van der Waals surface area (Å²) in [5.41, 5.74) is 1.28. The molecule has 0 saturated carbocycles. The molecule has 0 spiro atoms. The Kier molecular flexibility index (Phi) is 5.24. The Hall–Kier alpha value is 0.353. The smallest absolute Gasteiger partial charge is 1.00 e. The van der Waals surface area contributed by atoms with Crippen molar-refractivity contribution in [3.8, 4) is 0 Å². The summed E-state index contributed by atoms with van der Waals surface area (Å²) < 4.78 is 0. The SMILES string of the molecule is Clc1ccc([CH2][Zn+])cn1.[Cl-]. The monoisotopic (exact) mass is 225 g/mol. The van der Waals surface area contributed by atoms with E-state index in [2.05, 4.69) is 4.98 Å². The van der Waals surface area contributed by atoms with Gasteiger partial charge in [0.2, 0.25) is 0 Å². The van der Waals surface area contributed by atoms with Gasteiger partial charge in [-0.05, 0) is 0 Å². The van der Waals surface area contributed by atoms with Gasteiger partial charge in [-0.25, -0.2) is 0 Å². The van der Waals surface area contributed by atoms with Crippen LogP contribution in [0.25, 0.3) is 0 Å². The summed E-state index contributed by atoms with van der Waals surface area (Å²) in [5.74, 6) is 0. The molecule has 0 aromatic carbocycles. The predicted octanol–water partition coefficient (Wildman–Crippen LogP) is -1.21. The van der Waals surface area contributed by atoms with Crippen LogP contribution in [0.3, 0.4) is 0 Å². The fourth-order valence-electron chi connectivity index (χ4n) is 0.554. The zero-order valence-corrected chi connectivity index (χ0v) is 9.83. The summed E-state index contributed by atoms with van der Waals surface area (Å²) in [4.78, 5) is 3.94. The summed E-state index contributed by atoms with van der Waals surface area (Å²) in [7, 11) is 0. The second-order valence-electron chi connectivity index (χ2n) is 1.74. The second kappa shape index (κ2) is 5.06. The van der Waals surface area contributed by atoms with Gasteiger partial charge in [-0.15, -0.1) is 0 Å². The van der Waals surface area contributed by atoms with Gasteiger partial charge in [-0.2, -0.15) is 0 Å². The molecule has 0 radical (unpaired) electrons. The van der Waals surface area contributed by atoms with E-state index in [-0.39, 0.29) is 12.4 Å². The van der Waals surface area contributed by atoms with E-state index in [1.54, 1.807) is 0 Å². The molecular formula is C6H5Cl2NZn. The molecule has 4 heteroatoms. The van der Waals surface area contributed by atoms with Crippen LogP contribution in [0.5, 0.6) is 0 Å². The number of hydrogen-bond donors (Lipinski definition) is 0. The van der Waals surface area contributed by atoms with Crippen LogP contribution in [0.1, 0.15) is 5.56 Å². The Morgan fingerprint density at radius 3 is 2.60 bits per heavy atom. The van der Waals surface area contributed by atoms with E-state index < -0.39 is 0 Å². The molecule has 0 aliphatic carbocycles. The number of aromatic nitrogens is 1. The molecule has 0 atom stereocenters. The third-order valence-electron chi connectivity index (χ3n) is 1.08. The Morgan fingerprint density at radius 1 is 1.50 bits per heavy atom. The van der Waals surface area contributed by atoms with Crippen LogP contribution in [-0.2, 0) is 23.3 Å². The second-order valence-corrected chi connectivity index (χ2v) is 3.18. The van der Waals surface area contributed by atoms with Gasteiger partial charge in [-0.1, -0.05) is 0 Å². The van der Waals surface area contributed by atoms with Gasteiger partial charge in [0.25, 0.3) is 0 Å². The summed E-state index contributed by atoms with van der Waals surface area (Å²) >= 11 is 6.85. The standard InChI is InChI=1S/C6H5ClN.ClH.Zn/c1-5-2-3-6(7)8-4-5;;/h2-4H,1H2;1H;/q;;+1/p-1. The largest absolute Gasteiger partial charge is 1.00 e. The molecule has 0 saturated heterocycles. The minimum Gasteiger partial charge on any atom is -1.00 e. The van der Waals surface area contributed by atoms with Crippen LogP contribution >= 0.6 is 11.6 Å². The first-order valence-corrected chi connectivity index (χ1v) is 5.20. The molecule has 50 valence electrons. The fourth-order valence-corrected chi connectivity index (χ4v) is 1.29. The van der Waals surface area contributed by atoms with E-state index >= 15 is 0 Å². The molecule has 1 aromatic heterocycles. The Balaban J connectivity index is 0.000000810. The maximum Gasteiger partial charge on any atom is -1.00 e. The number of pyridine rings is 1. The van der Waals surface area contributed by atoms with Crippen LogP contribution in [0.15, 0.2) is 18.3 Å².